The van der Waals surface area contributed by atoms with Gasteiger partial charge >= 0.3 is 0 Å². The van der Waals surface area contributed by atoms with Crippen molar-refractivity contribution in [2.24, 2.45) is 0 Å². The number of nitro groups is 1. The Morgan fingerprint density at radius 2 is 2.05 bits per heavy atom. The van der Waals surface area contributed by atoms with Crippen LogP contribution in [0.25, 0.3) is 0 Å². The third-order valence-corrected chi connectivity index (χ3v) is 4.96. The van der Waals surface area contributed by atoms with E-state index in [2.05, 4.69) is 13.1 Å². The van der Waals surface area contributed by atoms with E-state index in [1.54, 1.807) is 18.2 Å². The second-order valence-corrected chi connectivity index (χ2v) is 12.2. The predicted molar refractivity (Wildman–Crippen MR) is 80.2 cm³/mol. The van der Waals surface area contributed by atoms with Gasteiger partial charge in [-0.05, 0) is 25.5 Å². The van der Waals surface area contributed by atoms with Crippen molar-refractivity contribution in [1.82, 2.24) is 0 Å². The van der Waals surface area contributed by atoms with Gasteiger partial charge in [0.2, 0.25) is 0 Å². The maximum atomic E-state index is 10.9. The quantitative estimate of drug-likeness (QED) is 0.245. The fourth-order valence-electron chi connectivity index (χ4n) is 1.84. The number of hydrogen-bond donors (Lipinski definition) is 0. The Morgan fingerprint density at radius 1 is 1.42 bits per heavy atom. The van der Waals surface area contributed by atoms with E-state index in [0.29, 0.717) is 12.2 Å². The van der Waals surface area contributed by atoms with Crippen molar-refractivity contribution >= 4 is 24.2 Å². The fourth-order valence-corrected chi connectivity index (χ4v) is 3.23. The zero-order valence-corrected chi connectivity index (χ0v) is 13.3. The summed E-state index contributed by atoms with van der Waals surface area (Å²) in [4.78, 5) is 10.6. The highest BCUT2D eigenvalue weighted by atomic mass is 35.6. The molecule has 1 rings (SSSR count). The molecule has 0 aliphatic carbocycles. The zero-order chi connectivity index (χ0) is 14.5. The highest BCUT2D eigenvalue weighted by Gasteiger charge is 2.19. The number of benzene rings is 1. The standard InChI is InChI=1S/C13H20ClNO3Si/c1-11(18-9-6-10-19(2,3)14)12-7-4-5-8-13(12)15(16)17/h4-5,7-8,11H,6,9-10H2,1-3H3. The fraction of sp³-hybridized carbons (Fsp3) is 0.538. The Kier molecular flexibility index (Phi) is 5.97. The van der Waals surface area contributed by atoms with E-state index >= 15 is 0 Å². The summed E-state index contributed by atoms with van der Waals surface area (Å²) in [6.07, 6.45) is 0.620. The number of nitrogens with zero attached hydrogens (tertiary/aromatic N) is 1. The van der Waals surface area contributed by atoms with Gasteiger partial charge in [0.05, 0.1) is 16.6 Å². The largest absolute Gasteiger partial charge is 0.374 e. The molecule has 0 aliphatic heterocycles. The first-order valence-electron chi connectivity index (χ1n) is 6.35. The predicted octanol–water partition coefficient (Wildman–Crippen LogP) is 4.51. The molecule has 6 heteroatoms. The van der Waals surface area contributed by atoms with Gasteiger partial charge in [0.15, 0.2) is 7.38 Å². The molecule has 1 aromatic carbocycles. The Hall–Kier alpha value is -0.913. The molecular weight excluding hydrogens is 282 g/mol. The number of para-hydroxylation sites is 1. The zero-order valence-electron chi connectivity index (χ0n) is 11.6. The van der Waals surface area contributed by atoms with Crippen LogP contribution in [0.2, 0.25) is 19.1 Å². The molecule has 106 valence electrons. The van der Waals surface area contributed by atoms with Crippen LogP contribution in [-0.4, -0.2) is 18.9 Å². The lowest BCUT2D eigenvalue weighted by molar-refractivity contribution is -0.386. The number of ether oxygens (including phenoxy) is 1. The first-order valence-corrected chi connectivity index (χ1v) is 10.6. The van der Waals surface area contributed by atoms with Crippen molar-refractivity contribution in [2.45, 2.75) is 38.6 Å². The summed E-state index contributed by atoms with van der Waals surface area (Å²) >= 11 is 6.23. The lowest BCUT2D eigenvalue weighted by Gasteiger charge is -2.16. The average molecular weight is 302 g/mol. The molecule has 19 heavy (non-hydrogen) atoms. The molecule has 0 fully saturated rings. The Morgan fingerprint density at radius 3 is 2.63 bits per heavy atom. The molecule has 0 radical (unpaired) electrons. The van der Waals surface area contributed by atoms with Crippen LogP contribution in [-0.2, 0) is 4.74 Å². The molecule has 0 aromatic heterocycles. The SMILES string of the molecule is CC(OCCC[Si](C)(C)Cl)c1ccccc1[N+](=O)[O-]. The van der Waals surface area contributed by atoms with E-state index in [-0.39, 0.29) is 16.7 Å². The molecule has 0 aliphatic rings. The maximum Gasteiger partial charge on any atom is 0.275 e. The third-order valence-electron chi connectivity index (χ3n) is 2.85. The molecule has 0 N–H and O–H groups in total. The Bertz CT molecular complexity index is 434. The van der Waals surface area contributed by atoms with Crippen LogP contribution in [0.3, 0.4) is 0 Å². The molecule has 0 heterocycles. The smallest absolute Gasteiger partial charge is 0.275 e. The first kappa shape index (κ1) is 16.1. The van der Waals surface area contributed by atoms with Gasteiger partial charge < -0.3 is 4.74 Å². The van der Waals surface area contributed by atoms with Crippen LogP contribution >= 0.6 is 11.1 Å². The van der Waals surface area contributed by atoms with E-state index in [1.807, 2.05) is 6.92 Å². The number of halogens is 1. The van der Waals surface area contributed by atoms with Crippen molar-refractivity contribution in [2.75, 3.05) is 6.61 Å². The molecule has 0 spiro atoms. The van der Waals surface area contributed by atoms with Crippen LogP contribution in [0.4, 0.5) is 5.69 Å². The van der Waals surface area contributed by atoms with Gasteiger partial charge in [-0.25, -0.2) is 0 Å². The number of rotatable bonds is 7. The van der Waals surface area contributed by atoms with Gasteiger partial charge in [0.1, 0.15) is 0 Å². The minimum absolute atomic E-state index is 0.113. The molecule has 0 amide bonds. The summed E-state index contributed by atoms with van der Waals surface area (Å²) in [6.45, 7) is 6.61. The van der Waals surface area contributed by atoms with Gasteiger partial charge in [-0.1, -0.05) is 25.2 Å². The van der Waals surface area contributed by atoms with Gasteiger partial charge in [-0.2, -0.15) is 11.1 Å². The van der Waals surface area contributed by atoms with Gasteiger partial charge in [0, 0.05) is 12.7 Å². The van der Waals surface area contributed by atoms with Crippen molar-refractivity contribution in [3.8, 4) is 0 Å². The van der Waals surface area contributed by atoms with Gasteiger partial charge in [-0.3, -0.25) is 10.1 Å². The molecule has 4 nitrogen and oxygen atoms in total. The summed E-state index contributed by atoms with van der Waals surface area (Å²) in [5.41, 5.74) is 0.733. The molecule has 0 saturated heterocycles. The van der Waals surface area contributed by atoms with Crippen molar-refractivity contribution in [3.63, 3.8) is 0 Å². The maximum absolute atomic E-state index is 10.9. The molecular formula is C13H20ClNO3Si. The topological polar surface area (TPSA) is 52.4 Å². The molecule has 1 aromatic rings. The van der Waals surface area contributed by atoms with Crippen LogP contribution in [0.5, 0.6) is 0 Å². The highest BCUT2D eigenvalue weighted by molar-refractivity contribution is 7.19. The highest BCUT2D eigenvalue weighted by Crippen LogP contribution is 2.27. The number of hydrogen-bond acceptors (Lipinski definition) is 3. The van der Waals surface area contributed by atoms with Gasteiger partial charge in [-0.15, -0.1) is 0 Å². The molecule has 1 atom stereocenters. The Balaban J connectivity index is 2.54. The van der Waals surface area contributed by atoms with Crippen molar-refractivity contribution in [3.05, 3.63) is 39.9 Å². The summed E-state index contributed by atoms with van der Waals surface area (Å²) in [7, 11) is -1.55. The van der Waals surface area contributed by atoms with E-state index in [4.69, 9.17) is 15.8 Å². The van der Waals surface area contributed by atoms with Crippen LogP contribution in [0, 0.1) is 10.1 Å². The minimum atomic E-state index is -1.55. The summed E-state index contributed by atoms with van der Waals surface area (Å²) in [5.74, 6) is 0. The second-order valence-electron chi connectivity index (χ2n) is 5.15. The van der Waals surface area contributed by atoms with Gasteiger partial charge in [0.25, 0.3) is 5.69 Å². The van der Waals surface area contributed by atoms with E-state index in [0.717, 1.165) is 12.5 Å². The second kappa shape index (κ2) is 7.03. The molecule has 1 unspecified atom stereocenters. The first-order chi connectivity index (χ1) is 8.81. The lowest BCUT2D eigenvalue weighted by atomic mass is 10.1. The summed E-state index contributed by atoms with van der Waals surface area (Å²) in [5, 5.41) is 10.9. The lowest BCUT2D eigenvalue weighted by Crippen LogP contribution is -2.16. The van der Waals surface area contributed by atoms with Crippen molar-refractivity contribution in [1.29, 1.82) is 0 Å². The normalized spacial score (nSPS) is 13.3. The molecule has 0 saturated carbocycles. The van der Waals surface area contributed by atoms with E-state index in [9.17, 15) is 10.1 Å². The monoisotopic (exact) mass is 301 g/mol. The van der Waals surface area contributed by atoms with Crippen LogP contribution in [0.15, 0.2) is 24.3 Å². The van der Waals surface area contributed by atoms with E-state index in [1.165, 1.54) is 6.07 Å². The minimum Gasteiger partial charge on any atom is -0.374 e. The Labute approximate surface area is 119 Å². The summed E-state index contributed by atoms with van der Waals surface area (Å²) in [6, 6.07) is 7.68. The average Bonchev–Trinajstić information content (AvgIpc) is 2.33. The van der Waals surface area contributed by atoms with Crippen molar-refractivity contribution < 1.29 is 9.66 Å². The summed E-state index contributed by atoms with van der Waals surface area (Å²) < 4.78 is 5.67. The number of nitro benzene ring substituents is 1. The third kappa shape index (κ3) is 5.72. The molecule has 0 bridgehead atoms. The van der Waals surface area contributed by atoms with E-state index < -0.39 is 7.38 Å². The van der Waals surface area contributed by atoms with Crippen LogP contribution < -0.4 is 0 Å². The van der Waals surface area contributed by atoms with Crippen LogP contribution in [0.1, 0.15) is 25.0 Å².